The number of thiophene rings is 1. The Kier molecular flexibility index (Phi) is 4.98. The van der Waals surface area contributed by atoms with Crippen LogP contribution in [0.25, 0.3) is 0 Å². The zero-order chi connectivity index (χ0) is 12.1. The molecule has 0 bridgehead atoms. The fraction of sp³-hybridized carbons (Fsp3) is 0.692. The molecule has 0 saturated heterocycles. The number of hydrogen-bond donors (Lipinski definition) is 2. The summed E-state index contributed by atoms with van der Waals surface area (Å²) in [5.41, 5.74) is 1.02. The molecule has 1 aliphatic carbocycles. The molecule has 1 fully saturated rings. The normalized spacial score (nSPS) is 26.9. The first kappa shape index (κ1) is 13.0. The van der Waals surface area contributed by atoms with E-state index in [1.807, 2.05) is 16.8 Å². The Bertz CT molecular complexity index is 315. The van der Waals surface area contributed by atoms with Gasteiger partial charge in [0.25, 0.3) is 0 Å². The summed E-state index contributed by atoms with van der Waals surface area (Å²) < 4.78 is 5.40. The van der Waals surface area contributed by atoms with E-state index in [1.54, 1.807) is 18.4 Å². The Labute approximate surface area is 107 Å². The van der Waals surface area contributed by atoms with Crippen molar-refractivity contribution in [3.8, 4) is 0 Å². The molecule has 17 heavy (non-hydrogen) atoms. The molecule has 0 amide bonds. The van der Waals surface area contributed by atoms with Crippen molar-refractivity contribution in [2.45, 2.75) is 43.9 Å². The van der Waals surface area contributed by atoms with E-state index in [9.17, 15) is 5.11 Å². The predicted molar refractivity (Wildman–Crippen MR) is 70.3 cm³/mol. The van der Waals surface area contributed by atoms with E-state index in [0.717, 1.165) is 12.0 Å². The lowest BCUT2D eigenvalue weighted by atomic mass is 9.92. The standard InChI is InChI=1S/C13H21NO2S/c1-16-12-4-2-3-11(7-12)14-8-13(15)10-5-6-17-9-10/h5-6,9,11-15H,2-4,7-8H2,1H3. The lowest BCUT2D eigenvalue weighted by molar-refractivity contribution is 0.0558. The average molecular weight is 255 g/mol. The molecule has 0 aromatic carbocycles. The summed E-state index contributed by atoms with van der Waals surface area (Å²) >= 11 is 1.63. The lowest BCUT2D eigenvalue weighted by Gasteiger charge is -2.29. The maximum absolute atomic E-state index is 9.98. The third kappa shape index (κ3) is 3.78. The van der Waals surface area contributed by atoms with Gasteiger partial charge in [0.15, 0.2) is 0 Å². The molecule has 1 aromatic rings. The van der Waals surface area contributed by atoms with Gasteiger partial charge in [0.1, 0.15) is 0 Å². The highest BCUT2D eigenvalue weighted by atomic mass is 32.1. The van der Waals surface area contributed by atoms with Crippen LogP contribution in [0.1, 0.15) is 37.4 Å². The summed E-state index contributed by atoms with van der Waals surface area (Å²) in [6, 6.07) is 2.47. The van der Waals surface area contributed by atoms with Gasteiger partial charge in [-0.1, -0.05) is 0 Å². The van der Waals surface area contributed by atoms with E-state index >= 15 is 0 Å². The van der Waals surface area contributed by atoms with Crippen LogP contribution < -0.4 is 5.32 Å². The van der Waals surface area contributed by atoms with Crippen molar-refractivity contribution in [1.82, 2.24) is 5.32 Å². The second kappa shape index (κ2) is 6.50. The van der Waals surface area contributed by atoms with Gasteiger partial charge in [-0.2, -0.15) is 11.3 Å². The van der Waals surface area contributed by atoms with E-state index < -0.39 is 0 Å². The topological polar surface area (TPSA) is 41.5 Å². The van der Waals surface area contributed by atoms with Crippen molar-refractivity contribution in [2.75, 3.05) is 13.7 Å². The zero-order valence-corrected chi connectivity index (χ0v) is 11.1. The molecule has 2 N–H and O–H groups in total. The average Bonchev–Trinajstić information content (AvgIpc) is 2.90. The molecule has 0 spiro atoms. The molecular formula is C13H21NO2S. The quantitative estimate of drug-likeness (QED) is 0.848. The third-order valence-electron chi connectivity index (χ3n) is 3.49. The Morgan fingerprint density at radius 2 is 2.47 bits per heavy atom. The first-order valence-corrected chi connectivity index (χ1v) is 7.20. The summed E-state index contributed by atoms with van der Waals surface area (Å²) in [6.45, 7) is 0.637. The van der Waals surface area contributed by atoms with Crippen molar-refractivity contribution >= 4 is 11.3 Å². The SMILES string of the molecule is COC1CCCC(NCC(O)c2ccsc2)C1. The van der Waals surface area contributed by atoms with Gasteiger partial charge in [-0.15, -0.1) is 0 Å². The van der Waals surface area contributed by atoms with E-state index in [1.165, 1.54) is 19.3 Å². The maximum Gasteiger partial charge on any atom is 0.0922 e. The highest BCUT2D eigenvalue weighted by Gasteiger charge is 2.22. The summed E-state index contributed by atoms with van der Waals surface area (Å²) in [5, 5.41) is 17.4. The van der Waals surface area contributed by atoms with E-state index in [4.69, 9.17) is 4.74 Å². The van der Waals surface area contributed by atoms with Crippen LogP contribution in [0.5, 0.6) is 0 Å². The molecule has 1 aliphatic rings. The van der Waals surface area contributed by atoms with Gasteiger partial charge in [-0.05, 0) is 48.1 Å². The Morgan fingerprint density at radius 3 is 3.18 bits per heavy atom. The number of nitrogens with one attached hydrogen (secondary N) is 1. The van der Waals surface area contributed by atoms with Crippen LogP contribution in [-0.4, -0.2) is 30.9 Å². The monoisotopic (exact) mass is 255 g/mol. The van der Waals surface area contributed by atoms with Gasteiger partial charge in [0.05, 0.1) is 12.2 Å². The molecule has 3 atom stereocenters. The third-order valence-corrected chi connectivity index (χ3v) is 4.19. The van der Waals surface area contributed by atoms with Crippen LogP contribution in [0, 0.1) is 0 Å². The highest BCUT2D eigenvalue weighted by molar-refractivity contribution is 7.07. The van der Waals surface area contributed by atoms with Gasteiger partial charge < -0.3 is 15.2 Å². The minimum Gasteiger partial charge on any atom is -0.387 e. The Balaban J connectivity index is 1.74. The van der Waals surface area contributed by atoms with Crippen molar-refractivity contribution in [3.05, 3.63) is 22.4 Å². The van der Waals surface area contributed by atoms with Gasteiger partial charge in [0.2, 0.25) is 0 Å². The molecule has 1 heterocycles. The van der Waals surface area contributed by atoms with Crippen LogP contribution in [0.3, 0.4) is 0 Å². The molecule has 4 heteroatoms. The van der Waals surface area contributed by atoms with Crippen LogP contribution in [0.15, 0.2) is 16.8 Å². The second-order valence-electron chi connectivity index (χ2n) is 4.70. The van der Waals surface area contributed by atoms with Crippen molar-refractivity contribution in [3.63, 3.8) is 0 Å². The molecule has 3 unspecified atom stereocenters. The Morgan fingerprint density at radius 1 is 1.59 bits per heavy atom. The lowest BCUT2D eigenvalue weighted by Crippen LogP contribution is -2.38. The number of aliphatic hydroxyl groups is 1. The molecule has 1 saturated carbocycles. The van der Waals surface area contributed by atoms with Crippen LogP contribution >= 0.6 is 11.3 Å². The predicted octanol–water partition coefficient (Wildman–Crippen LogP) is 2.33. The fourth-order valence-electron chi connectivity index (χ4n) is 2.41. The second-order valence-corrected chi connectivity index (χ2v) is 5.48. The fourth-order valence-corrected chi connectivity index (χ4v) is 3.11. The summed E-state index contributed by atoms with van der Waals surface area (Å²) in [6.07, 6.45) is 4.64. The van der Waals surface area contributed by atoms with Crippen molar-refractivity contribution < 1.29 is 9.84 Å². The highest BCUT2D eigenvalue weighted by Crippen LogP contribution is 2.21. The summed E-state index contributed by atoms with van der Waals surface area (Å²) in [4.78, 5) is 0. The molecule has 1 aromatic heterocycles. The number of hydrogen-bond acceptors (Lipinski definition) is 4. The van der Waals surface area contributed by atoms with Gasteiger partial charge in [0, 0.05) is 19.7 Å². The van der Waals surface area contributed by atoms with E-state index in [2.05, 4.69) is 5.32 Å². The van der Waals surface area contributed by atoms with Crippen LogP contribution in [0.2, 0.25) is 0 Å². The van der Waals surface area contributed by atoms with Crippen molar-refractivity contribution in [1.29, 1.82) is 0 Å². The first-order chi connectivity index (χ1) is 8.29. The van der Waals surface area contributed by atoms with E-state index in [-0.39, 0.29) is 6.10 Å². The summed E-state index contributed by atoms with van der Waals surface area (Å²) in [5.74, 6) is 0. The first-order valence-electron chi connectivity index (χ1n) is 6.26. The minimum atomic E-state index is -0.385. The van der Waals surface area contributed by atoms with Crippen molar-refractivity contribution in [2.24, 2.45) is 0 Å². The molecule has 0 radical (unpaired) electrons. The largest absolute Gasteiger partial charge is 0.387 e. The molecular weight excluding hydrogens is 234 g/mol. The molecule has 96 valence electrons. The molecule has 0 aliphatic heterocycles. The van der Waals surface area contributed by atoms with Gasteiger partial charge >= 0.3 is 0 Å². The number of aliphatic hydroxyl groups excluding tert-OH is 1. The molecule has 2 rings (SSSR count). The smallest absolute Gasteiger partial charge is 0.0922 e. The van der Waals surface area contributed by atoms with E-state index in [0.29, 0.717) is 18.7 Å². The van der Waals surface area contributed by atoms with Gasteiger partial charge in [-0.3, -0.25) is 0 Å². The number of methoxy groups -OCH3 is 1. The zero-order valence-electron chi connectivity index (χ0n) is 10.3. The molecule has 3 nitrogen and oxygen atoms in total. The minimum absolute atomic E-state index is 0.385. The number of ether oxygens (including phenoxy) is 1. The maximum atomic E-state index is 9.98. The summed E-state index contributed by atoms with van der Waals surface area (Å²) in [7, 11) is 1.78. The van der Waals surface area contributed by atoms with Gasteiger partial charge in [-0.25, -0.2) is 0 Å². The number of rotatable bonds is 5. The Hall–Kier alpha value is -0.420. The van der Waals surface area contributed by atoms with Crippen LogP contribution in [0.4, 0.5) is 0 Å². The van der Waals surface area contributed by atoms with Crippen LogP contribution in [-0.2, 0) is 4.74 Å².